The Hall–Kier alpha value is -2.28. The second-order valence-corrected chi connectivity index (χ2v) is 7.33. The first-order chi connectivity index (χ1) is 11.4. The quantitative estimate of drug-likeness (QED) is 0.777. The number of imide groups is 1. The highest BCUT2D eigenvalue weighted by atomic mass is 35.5. The predicted octanol–water partition coefficient (Wildman–Crippen LogP) is 2.66. The summed E-state index contributed by atoms with van der Waals surface area (Å²) in [5.74, 6) is -1.05. The predicted molar refractivity (Wildman–Crippen MR) is 93.5 cm³/mol. The van der Waals surface area contributed by atoms with Gasteiger partial charge in [0.1, 0.15) is 5.75 Å². The molecule has 0 aromatic heterocycles. The van der Waals surface area contributed by atoms with E-state index in [1.165, 1.54) is 13.8 Å². The summed E-state index contributed by atoms with van der Waals surface area (Å²) in [4.78, 5) is 35.3. The van der Waals surface area contributed by atoms with Crippen molar-refractivity contribution in [3.63, 3.8) is 0 Å². The van der Waals surface area contributed by atoms with Gasteiger partial charge in [-0.05, 0) is 58.9 Å². The molecule has 2 N–H and O–H groups in total. The molecule has 0 fully saturated rings. The highest BCUT2D eigenvalue weighted by Crippen LogP contribution is 2.21. The molecule has 0 aliphatic carbocycles. The number of halogens is 1. The van der Waals surface area contributed by atoms with Crippen LogP contribution in [0.5, 0.6) is 5.75 Å². The van der Waals surface area contributed by atoms with E-state index in [0.717, 1.165) is 0 Å². The van der Waals surface area contributed by atoms with Crippen LogP contribution in [0.4, 0.5) is 4.79 Å². The molecule has 1 rings (SSSR count). The van der Waals surface area contributed by atoms with Crippen LogP contribution in [0.15, 0.2) is 24.3 Å². The summed E-state index contributed by atoms with van der Waals surface area (Å²) < 4.78 is 10.5. The second kappa shape index (κ2) is 8.20. The van der Waals surface area contributed by atoms with Gasteiger partial charge in [0.05, 0.1) is 0 Å². The lowest BCUT2D eigenvalue weighted by molar-refractivity contribution is -0.161. The summed E-state index contributed by atoms with van der Waals surface area (Å²) in [5, 5.41) is 5.18. The van der Waals surface area contributed by atoms with E-state index in [9.17, 15) is 14.4 Å². The maximum atomic E-state index is 12.1. The van der Waals surface area contributed by atoms with Gasteiger partial charge in [0.15, 0.2) is 12.2 Å². The molecular weight excluding hydrogens is 348 g/mol. The van der Waals surface area contributed by atoms with E-state index in [1.807, 2.05) is 0 Å². The summed E-state index contributed by atoms with van der Waals surface area (Å²) in [7, 11) is 0. The fourth-order valence-electron chi connectivity index (χ4n) is 1.68. The Morgan fingerprint density at radius 2 is 1.60 bits per heavy atom. The first-order valence-electron chi connectivity index (χ1n) is 7.63. The lowest BCUT2D eigenvalue weighted by Crippen LogP contribution is -2.49. The molecular formula is C17H23ClN2O5. The summed E-state index contributed by atoms with van der Waals surface area (Å²) >= 11 is 5.79. The Morgan fingerprint density at radius 1 is 1.04 bits per heavy atom. The monoisotopic (exact) mass is 370 g/mol. The van der Waals surface area contributed by atoms with Gasteiger partial charge in [0, 0.05) is 10.6 Å². The van der Waals surface area contributed by atoms with Gasteiger partial charge in [-0.25, -0.2) is 9.59 Å². The topological polar surface area (TPSA) is 93.7 Å². The first kappa shape index (κ1) is 20.8. The minimum absolute atomic E-state index is 0.431. The number of urea groups is 1. The zero-order valence-electron chi connectivity index (χ0n) is 14.9. The van der Waals surface area contributed by atoms with Crippen LogP contribution in [0, 0.1) is 0 Å². The molecule has 0 radical (unpaired) electrons. The molecule has 0 aliphatic rings. The van der Waals surface area contributed by atoms with Gasteiger partial charge in [0.2, 0.25) is 0 Å². The van der Waals surface area contributed by atoms with E-state index in [1.54, 1.807) is 45.0 Å². The van der Waals surface area contributed by atoms with Gasteiger partial charge >= 0.3 is 12.0 Å². The SMILES string of the molecule is CC(C)(C)NC(=O)NC(=O)COC(=O)C(C)(C)Oc1ccc(Cl)cc1. The molecule has 0 bridgehead atoms. The Morgan fingerprint density at radius 3 is 2.12 bits per heavy atom. The molecule has 0 heterocycles. The van der Waals surface area contributed by atoms with Gasteiger partial charge in [-0.2, -0.15) is 0 Å². The van der Waals surface area contributed by atoms with Crippen molar-refractivity contribution in [1.29, 1.82) is 0 Å². The van der Waals surface area contributed by atoms with E-state index < -0.39 is 35.7 Å². The van der Waals surface area contributed by atoms with Crippen molar-refractivity contribution < 1.29 is 23.9 Å². The highest BCUT2D eigenvalue weighted by Gasteiger charge is 2.32. The van der Waals surface area contributed by atoms with Crippen LogP contribution < -0.4 is 15.4 Å². The molecule has 0 unspecified atom stereocenters. The Kier molecular flexibility index (Phi) is 6.81. The summed E-state index contributed by atoms with van der Waals surface area (Å²) in [6.45, 7) is 7.74. The maximum absolute atomic E-state index is 12.1. The number of carbonyl (C=O) groups excluding carboxylic acids is 3. The summed E-state index contributed by atoms with van der Waals surface area (Å²) in [6.07, 6.45) is 0. The number of hydrogen-bond donors (Lipinski definition) is 2. The number of carbonyl (C=O) groups is 3. The number of amides is 3. The third kappa shape index (κ3) is 7.89. The molecule has 0 saturated heterocycles. The van der Waals surface area contributed by atoms with Gasteiger partial charge < -0.3 is 14.8 Å². The van der Waals surface area contributed by atoms with Crippen molar-refractivity contribution in [3.8, 4) is 5.75 Å². The number of esters is 1. The number of rotatable bonds is 5. The van der Waals surface area contributed by atoms with Crippen molar-refractivity contribution in [2.45, 2.75) is 45.8 Å². The van der Waals surface area contributed by atoms with Crippen LogP contribution >= 0.6 is 11.6 Å². The Labute approximate surface area is 152 Å². The van der Waals surface area contributed by atoms with E-state index in [-0.39, 0.29) is 0 Å². The van der Waals surface area contributed by atoms with Gasteiger partial charge in [-0.1, -0.05) is 11.6 Å². The third-order valence-corrected chi connectivity index (χ3v) is 3.01. The fourth-order valence-corrected chi connectivity index (χ4v) is 1.80. The minimum atomic E-state index is -1.32. The minimum Gasteiger partial charge on any atom is -0.476 e. The molecule has 8 heteroatoms. The smallest absolute Gasteiger partial charge is 0.350 e. The summed E-state index contributed by atoms with van der Waals surface area (Å²) in [5.41, 5.74) is -1.81. The van der Waals surface area contributed by atoms with E-state index in [2.05, 4.69) is 10.6 Å². The normalized spacial score (nSPS) is 11.4. The number of hydrogen-bond acceptors (Lipinski definition) is 5. The van der Waals surface area contributed by atoms with E-state index in [0.29, 0.717) is 10.8 Å². The second-order valence-electron chi connectivity index (χ2n) is 6.89. The van der Waals surface area contributed by atoms with Crippen molar-refractivity contribution in [2.24, 2.45) is 0 Å². The van der Waals surface area contributed by atoms with Crippen LogP contribution in [-0.2, 0) is 14.3 Å². The van der Waals surface area contributed by atoms with Crippen LogP contribution in [0.25, 0.3) is 0 Å². The molecule has 3 amide bonds. The highest BCUT2D eigenvalue weighted by molar-refractivity contribution is 6.30. The standard InChI is InChI=1S/C17H23ClN2O5/c1-16(2,3)20-15(23)19-13(21)10-24-14(22)17(4,5)25-12-8-6-11(18)7-9-12/h6-9H,10H2,1-5H3,(H2,19,20,21,23). The number of nitrogens with one attached hydrogen (secondary N) is 2. The van der Waals surface area contributed by atoms with Crippen molar-refractivity contribution in [1.82, 2.24) is 10.6 Å². The molecule has 0 atom stereocenters. The molecule has 0 spiro atoms. The van der Waals surface area contributed by atoms with Crippen LogP contribution in [0.1, 0.15) is 34.6 Å². The zero-order valence-corrected chi connectivity index (χ0v) is 15.7. The van der Waals surface area contributed by atoms with Crippen molar-refractivity contribution in [3.05, 3.63) is 29.3 Å². The average molecular weight is 371 g/mol. The van der Waals surface area contributed by atoms with Crippen LogP contribution in [0.2, 0.25) is 5.02 Å². The number of benzene rings is 1. The molecule has 138 valence electrons. The molecule has 1 aromatic rings. The van der Waals surface area contributed by atoms with Gasteiger partial charge in [-0.15, -0.1) is 0 Å². The van der Waals surface area contributed by atoms with Crippen molar-refractivity contribution in [2.75, 3.05) is 6.61 Å². The number of ether oxygens (including phenoxy) is 2. The third-order valence-electron chi connectivity index (χ3n) is 2.75. The lowest BCUT2D eigenvalue weighted by Gasteiger charge is -2.24. The Balaban J connectivity index is 2.50. The van der Waals surface area contributed by atoms with Crippen molar-refractivity contribution >= 4 is 29.5 Å². The van der Waals surface area contributed by atoms with E-state index in [4.69, 9.17) is 21.1 Å². The summed E-state index contributed by atoms with van der Waals surface area (Å²) in [6, 6.07) is 5.81. The largest absolute Gasteiger partial charge is 0.476 e. The van der Waals surface area contributed by atoms with E-state index >= 15 is 0 Å². The first-order valence-corrected chi connectivity index (χ1v) is 8.01. The van der Waals surface area contributed by atoms with Gasteiger partial charge in [-0.3, -0.25) is 10.1 Å². The lowest BCUT2D eigenvalue weighted by atomic mass is 10.1. The average Bonchev–Trinajstić information content (AvgIpc) is 2.44. The van der Waals surface area contributed by atoms with Crippen LogP contribution in [0.3, 0.4) is 0 Å². The molecule has 0 aliphatic heterocycles. The Bertz CT molecular complexity index is 635. The van der Waals surface area contributed by atoms with Gasteiger partial charge in [0.25, 0.3) is 5.91 Å². The molecule has 0 saturated carbocycles. The maximum Gasteiger partial charge on any atom is 0.350 e. The molecule has 25 heavy (non-hydrogen) atoms. The van der Waals surface area contributed by atoms with Crippen LogP contribution in [-0.4, -0.2) is 35.7 Å². The zero-order chi connectivity index (χ0) is 19.3. The molecule has 1 aromatic carbocycles. The fraction of sp³-hybridized carbons (Fsp3) is 0.471. The molecule has 7 nitrogen and oxygen atoms in total.